The Morgan fingerprint density at radius 2 is 2.17 bits per heavy atom. The number of H-pyrrole nitrogens is 1. The second kappa shape index (κ2) is 8.59. The molecule has 30 heavy (non-hydrogen) atoms. The molecule has 0 atom stereocenters. The highest BCUT2D eigenvalue weighted by atomic mass is 16.5. The van der Waals surface area contributed by atoms with Crippen molar-refractivity contribution in [2.45, 2.75) is 52.5 Å². The first-order valence-corrected chi connectivity index (χ1v) is 10.6. The number of nitrogens with zero attached hydrogens (tertiary/aromatic N) is 3. The molecule has 0 bridgehead atoms. The number of amides is 1. The van der Waals surface area contributed by atoms with Crippen molar-refractivity contribution in [2.75, 3.05) is 26.4 Å². The minimum absolute atomic E-state index is 0.0201. The molecule has 0 aliphatic carbocycles. The third kappa shape index (κ3) is 4.12. The van der Waals surface area contributed by atoms with E-state index in [0.717, 1.165) is 55.1 Å². The summed E-state index contributed by atoms with van der Waals surface area (Å²) in [5.41, 5.74) is 3.67. The van der Waals surface area contributed by atoms with E-state index in [1.165, 1.54) is 0 Å². The van der Waals surface area contributed by atoms with Crippen LogP contribution in [0.1, 0.15) is 64.1 Å². The van der Waals surface area contributed by atoms with Gasteiger partial charge in [-0.05, 0) is 44.1 Å². The summed E-state index contributed by atoms with van der Waals surface area (Å²) in [4.78, 5) is 24.9. The monoisotopic (exact) mass is 415 g/mol. The average molecular weight is 415 g/mol. The van der Waals surface area contributed by atoms with Crippen LogP contribution in [0.2, 0.25) is 0 Å². The molecule has 0 aromatic carbocycles. The van der Waals surface area contributed by atoms with Crippen molar-refractivity contribution < 1.29 is 19.1 Å². The van der Waals surface area contributed by atoms with Crippen LogP contribution >= 0.6 is 0 Å². The molecule has 1 spiro atoms. The molecule has 2 aromatic heterocycles. The first kappa shape index (κ1) is 20.6. The van der Waals surface area contributed by atoms with Crippen LogP contribution in [-0.4, -0.2) is 58.2 Å². The second-order valence-electron chi connectivity index (χ2n) is 8.24. The molecule has 162 valence electrons. The standard InChI is InChI=1S/C21H29N5O4/c1-3-15-18-17(12-21(13-22-19(18)27)5-9-29-10-6-21)26(25-15)7-4-8-30-20(28)16-11-14(2)23-24-16/h11H,3-10,12-13H2,1-2H3,(H,22,27)(H,23,24). The second-order valence-corrected chi connectivity index (χ2v) is 8.24. The van der Waals surface area contributed by atoms with Crippen molar-refractivity contribution in [1.82, 2.24) is 25.3 Å². The van der Waals surface area contributed by atoms with Gasteiger partial charge in [-0.15, -0.1) is 0 Å². The Bertz CT molecular complexity index is 926. The van der Waals surface area contributed by atoms with Gasteiger partial charge in [0.25, 0.3) is 5.91 Å². The summed E-state index contributed by atoms with van der Waals surface area (Å²) in [5, 5.41) is 14.5. The van der Waals surface area contributed by atoms with Crippen molar-refractivity contribution >= 4 is 11.9 Å². The molecule has 4 rings (SSSR count). The molecule has 2 N–H and O–H groups in total. The molecule has 4 heterocycles. The zero-order valence-electron chi connectivity index (χ0n) is 17.6. The number of hydrogen-bond acceptors (Lipinski definition) is 6. The Kier molecular flexibility index (Phi) is 5.90. The van der Waals surface area contributed by atoms with Gasteiger partial charge in [0.2, 0.25) is 0 Å². The van der Waals surface area contributed by atoms with E-state index in [-0.39, 0.29) is 23.6 Å². The summed E-state index contributed by atoms with van der Waals surface area (Å²) in [5.74, 6) is -0.467. The summed E-state index contributed by atoms with van der Waals surface area (Å²) in [6.45, 7) is 6.84. The largest absolute Gasteiger partial charge is 0.461 e. The van der Waals surface area contributed by atoms with Gasteiger partial charge in [-0.2, -0.15) is 10.2 Å². The van der Waals surface area contributed by atoms with Gasteiger partial charge in [0.05, 0.1) is 23.6 Å². The maximum absolute atomic E-state index is 12.8. The average Bonchev–Trinajstić information content (AvgIpc) is 3.30. The quantitative estimate of drug-likeness (QED) is 0.550. The number of rotatable bonds is 6. The lowest BCUT2D eigenvalue weighted by molar-refractivity contribution is 0.0152. The van der Waals surface area contributed by atoms with E-state index in [2.05, 4.69) is 15.5 Å². The van der Waals surface area contributed by atoms with Crippen LogP contribution in [0.5, 0.6) is 0 Å². The maximum atomic E-state index is 12.8. The topological polar surface area (TPSA) is 111 Å². The van der Waals surface area contributed by atoms with Crippen LogP contribution in [0.25, 0.3) is 0 Å². The Balaban J connectivity index is 1.46. The first-order chi connectivity index (χ1) is 14.5. The Hall–Kier alpha value is -2.68. The third-order valence-electron chi connectivity index (χ3n) is 6.07. The highest BCUT2D eigenvalue weighted by Gasteiger charge is 2.39. The van der Waals surface area contributed by atoms with E-state index in [1.807, 2.05) is 18.5 Å². The summed E-state index contributed by atoms with van der Waals surface area (Å²) in [6, 6.07) is 1.66. The number of aromatic nitrogens is 4. The number of carbonyl (C=O) groups is 2. The molecule has 0 radical (unpaired) electrons. The van der Waals surface area contributed by atoms with Gasteiger partial charge in [-0.3, -0.25) is 14.6 Å². The lowest BCUT2D eigenvalue weighted by Crippen LogP contribution is -2.40. The van der Waals surface area contributed by atoms with Crippen LogP contribution in [0.3, 0.4) is 0 Å². The normalized spacial score (nSPS) is 18.0. The fourth-order valence-corrected chi connectivity index (χ4v) is 4.33. The molecule has 1 amide bonds. The van der Waals surface area contributed by atoms with Gasteiger partial charge < -0.3 is 14.8 Å². The number of hydrogen-bond donors (Lipinski definition) is 2. The fourth-order valence-electron chi connectivity index (χ4n) is 4.33. The van der Waals surface area contributed by atoms with Gasteiger partial charge in [-0.1, -0.05) is 6.92 Å². The number of fused-ring (bicyclic) bond motifs is 1. The molecular weight excluding hydrogens is 386 g/mol. The minimum atomic E-state index is -0.437. The lowest BCUT2D eigenvalue weighted by atomic mass is 9.76. The van der Waals surface area contributed by atoms with Crippen LogP contribution in [0.4, 0.5) is 0 Å². The van der Waals surface area contributed by atoms with E-state index in [0.29, 0.717) is 25.9 Å². The van der Waals surface area contributed by atoms with Gasteiger partial charge in [0.15, 0.2) is 5.69 Å². The first-order valence-electron chi connectivity index (χ1n) is 10.6. The fraction of sp³-hybridized carbons (Fsp3) is 0.619. The third-order valence-corrected chi connectivity index (χ3v) is 6.07. The van der Waals surface area contributed by atoms with Crippen LogP contribution in [-0.2, 0) is 28.9 Å². The van der Waals surface area contributed by atoms with Crippen molar-refractivity contribution in [3.05, 3.63) is 34.4 Å². The summed E-state index contributed by atoms with van der Waals surface area (Å²) in [7, 11) is 0. The molecule has 2 aliphatic rings. The summed E-state index contributed by atoms with van der Waals surface area (Å²) in [6.07, 6.45) is 3.99. The number of aromatic amines is 1. The number of carbonyl (C=O) groups excluding carboxylic acids is 2. The zero-order chi connectivity index (χ0) is 21.1. The Morgan fingerprint density at radius 3 is 2.87 bits per heavy atom. The van der Waals surface area contributed by atoms with E-state index < -0.39 is 5.97 Å². The Labute approximate surface area is 175 Å². The molecule has 0 saturated carbocycles. The highest BCUT2D eigenvalue weighted by Crippen LogP contribution is 2.37. The lowest BCUT2D eigenvalue weighted by Gasteiger charge is -2.36. The van der Waals surface area contributed by atoms with Gasteiger partial charge in [0.1, 0.15) is 0 Å². The summed E-state index contributed by atoms with van der Waals surface area (Å²) < 4.78 is 12.8. The van der Waals surface area contributed by atoms with Crippen molar-refractivity contribution in [1.29, 1.82) is 0 Å². The number of ether oxygens (including phenoxy) is 2. The van der Waals surface area contributed by atoms with Gasteiger partial charge in [0, 0.05) is 38.4 Å². The molecular formula is C21H29N5O4. The maximum Gasteiger partial charge on any atom is 0.358 e. The molecule has 1 fully saturated rings. The molecule has 9 heteroatoms. The van der Waals surface area contributed by atoms with E-state index in [9.17, 15) is 9.59 Å². The number of esters is 1. The molecule has 2 aromatic rings. The number of aryl methyl sites for hydroxylation is 3. The molecule has 2 aliphatic heterocycles. The minimum Gasteiger partial charge on any atom is -0.461 e. The highest BCUT2D eigenvalue weighted by molar-refractivity contribution is 5.97. The summed E-state index contributed by atoms with van der Waals surface area (Å²) >= 11 is 0. The van der Waals surface area contributed by atoms with Crippen LogP contribution < -0.4 is 5.32 Å². The van der Waals surface area contributed by atoms with Gasteiger partial charge >= 0.3 is 5.97 Å². The molecule has 9 nitrogen and oxygen atoms in total. The van der Waals surface area contributed by atoms with Crippen LogP contribution in [0.15, 0.2) is 6.07 Å². The predicted molar refractivity (Wildman–Crippen MR) is 108 cm³/mol. The zero-order valence-corrected chi connectivity index (χ0v) is 17.6. The molecule has 0 unspecified atom stereocenters. The van der Waals surface area contributed by atoms with Crippen molar-refractivity contribution in [2.24, 2.45) is 5.41 Å². The van der Waals surface area contributed by atoms with Crippen molar-refractivity contribution in [3.63, 3.8) is 0 Å². The van der Waals surface area contributed by atoms with E-state index in [4.69, 9.17) is 14.6 Å². The molecule has 1 saturated heterocycles. The SMILES string of the molecule is CCc1nn(CCCOC(=O)c2cc(C)[nH]n2)c2c1C(=O)NCC1(CCOCC1)C2. The smallest absolute Gasteiger partial charge is 0.358 e. The Morgan fingerprint density at radius 1 is 1.37 bits per heavy atom. The van der Waals surface area contributed by atoms with Crippen LogP contribution in [0, 0.1) is 12.3 Å². The van der Waals surface area contributed by atoms with E-state index >= 15 is 0 Å². The van der Waals surface area contributed by atoms with Crippen molar-refractivity contribution in [3.8, 4) is 0 Å². The number of nitrogens with one attached hydrogen (secondary N) is 2. The predicted octanol–water partition coefficient (Wildman–Crippen LogP) is 1.81. The van der Waals surface area contributed by atoms with E-state index in [1.54, 1.807) is 6.07 Å². The van der Waals surface area contributed by atoms with Gasteiger partial charge in [-0.25, -0.2) is 4.79 Å².